The Kier molecular flexibility index (Phi) is 4.43. The van der Waals surface area contributed by atoms with Crippen LogP contribution in [0.5, 0.6) is 0 Å². The van der Waals surface area contributed by atoms with Gasteiger partial charge < -0.3 is 9.73 Å². The van der Waals surface area contributed by atoms with Gasteiger partial charge in [0.15, 0.2) is 5.82 Å². The molecule has 124 valence electrons. The molecule has 0 aliphatic heterocycles. The molecule has 7 nitrogen and oxygen atoms in total. The van der Waals surface area contributed by atoms with E-state index >= 15 is 0 Å². The molecule has 0 spiro atoms. The van der Waals surface area contributed by atoms with Crippen LogP contribution in [0.4, 0.5) is 16.0 Å². The molecule has 0 bridgehead atoms. The first kappa shape index (κ1) is 15.9. The highest BCUT2D eigenvalue weighted by atomic mass is 32.2. The van der Waals surface area contributed by atoms with Crippen molar-refractivity contribution in [2.24, 2.45) is 0 Å². The van der Waals surface area contributed by atoms with Gasteiger partial charge in [-0.25, -0.2) is 12.8 Å². The van der Waals surface area contributed by atoms with Crippen LogP contribution in [-0.2, 0) is 16.6 Å². The summed E-state index contributed by atoms with van der Waals surface area (Å²) in [7, 11) is -3.85. The molecular weight excluding hydrogens is 335 g/mol. The fourth-order valence-electron chi connectivity index (χ4n) is 1.88. The lowest BCUT2D eigenvalue weighted by Gasteiger charge is -2.08. The average molecular weight is 348 g/mol. The van der Waals surface area contributed by atoms with Crippen LogP contribution in [0.2, 0.25) is 0 Å². The number of hydrogen-bond donors (Lipinski definition) is 2. The zero-order valence-corrected chi connectivity index (χ0v) is 13.1. The summed E-state index contributed by atoms with van der Waals surface area (Å²) in [5.41, 5.74) is 0. The van der Waals surface area contributed by atoms with Gasteiger partial charge in [0, 0.05) is 0 Å². The maximum absolute atomic E-state index is 12.9. The Morgan fingerprint density at radius 2 is 1.71 bits per heavy atom. The van der Waals surface area contributed by atoms with E-state index < -0.39 is 15.8 Å². The summed E-state index contributed by atoms with van der Waals surface area (Å²) in [4.78, 5) is -0.0641. The highest BCUT2D eigenvalue weighted by Gasteiger charge is 2.15. The van der Waals surface area contributed by atoms with Gasteiger partial charge >= 0.3 is 0 Å². The number of nitrogens with zero attached hydrogens (tertiary/aromatic N) is 2. The van der Waals surface area contributed by atoms with Gasteiger partial charge in [0.25, 0.3) is 10.0 Å². The van der Waals surface area contributed by atoms with E-state index in [2.05, 4.69) is 20.2 Å². The smallest absolute Gasteiger partial charge is 0.263 e. The van der Waals surface area contributed by atoms with E-state index in [1.54, 1.807) is 18.4 Å². The molecule has 0 amide bonds. The number of furan rings is 1. The van der Waals surface area contributed by atoms with E-state index in [-0.39, 0.29) is 10.7 Å². The number of sulfonamides is 1. The summed E-state index contributed by atoms with van der Waals surface area (Å²) in [6, 6.07) is 11.1. The molecule has 9 heteroatoms. The lowest BCUT2D eigenvalue weighted by atomic mass is 10.4. The number of rotatable bonds is 6. The van der Waals surface area contributed by atoms with Crippen LogP contribution in [0, 0.1) is 5.82 Å². The second-order valence-electron chi connectivity index (χ2n) is 4.80. The van der Waals surface area contributed by atoms with Crippen LogP contribution in [0.15, 0.2) is 64.1 Å². The maximum atomic E-state index is 12.9. The molecular formula is C15H13FN4O3S. The van der Waals surface area contributed by atoms with Gasteiger partial charge in [-0.2, -0.15) is 0 Å². The van der Waals surface area contributed by atoms with Gasteiger partial charge in [-0.15, -0.1) is 10.2 Å². The molecule has 0 aliphatic rings. The largest absolute Gasteiger partial charge is 0.467 e. The lowest BCUT2D eigenvalue weighted by Crippen LogP contribution is -2.14. The lowest BCUT2D eigenvalue weighted by molar-refractivity contribution is 0.517. The summed E-state index contributed by atoms with van der Waals surface area (Å²) in [6.07, 6.45) is 1.57. The maximum Gasteiger partial charge on any atom is 0.263 e. The second kappa shape index (κ2) is 6.67. The molecule has 24 heavy (non-hydrogen) atoms. The summed E-state index contributed by atoms with van der Waals surface area (Å²) in [5, 5.41) is 10.7. The van der Waals surface area contributed by atoms with Crippen molar-refractivity contribution in [3.8, 4) is 0 Å². The molecule has 0 fully saturated rings. The zero-order chi connectivity index (χ0) is 17.0. The first-order chi connectivity index (χ1) is 11.5. The van der Waals surface area contributed by atoms with Crippen LogP contribution >= 0.6 is 0 Å². The molecule has 0 atom stereocenters. The number of halogens is 1. The summed E-state index contributed by atoms with van der Waals surface area (Å²) < 4.78 is 44.6. The highest BCUT2D eigenvalue weighted by molar-refractivity contribution is 7.92. The van der Waals surface area contributed by atoms with Crippen LogP contribution in [0.25, 0.3) is 0 Å². The summed E-state index contributed by atoms with van der Waals surface area (Å²) in [6.45, 7) is 0.433. The van der Waals surface area contributed by atoms with Gasteiger partial charge in [-0.1, -0.05) is 0 Å². The van der Waals surface area contributed by atoms with Gasteiger partial charge in [0.2, 0.25) is 0 Å². The normalized spacial score (nSPS) is 11.2. The van der Waals surface area contributed by atoms with Gasteiger partial charge in [-0.3, -0.25) is 4.72 Å². The van der Waals surface area contributed by atoms with Crippen LogP contribution in [0.1, 0.15) is 5.76 Å². The molecule has 0 radical (unpaired) electrons. The number of benzene rings is 1. The minimum Gasteiger partial charge on any atom is -0.467 e. The fraction of sp³-hybridized carbons (Fsp3) is 0.0667. The van der Waals surface area contributed by atoms with Crippen LogP contribution in [-0.4, -0.2) is 18.6 Å². The highest BCUT2D eigenvalue weighted by Crippen LogP contribution is 2.15. The molecule has 2 heterocycles. The van der Waals surface area contributed by atoms with Crippen molar-refractivity contribution in [1.29, 1.82) is 0 Å². The van der Waals surface area contributed by atoms with E-state index in [4.69, 9.17) is 4.42 Å². The van der Waals surface area contributed by atoms with Gasteiger partial charge in [0.1, 0.15) is 17.4 Å². The first-order valence-corrected chi connectivity index (χ1v) is 8.40. The van der Waals surface area contributed by atoms with Crippen molar-refractivity contribution in [2.75, 3.05) is 10.0 Å². The Hall–Kier alpha value is -2.94. The number of aromatic nitrogens is 2. The molecule has 0 saturated carbocycles. The predicted molar refractivity (Wildman–Crippen MR) is 85.3 cm³/mol. The Bertz CT molecular complexity index is 895. The van der Waals surface area contributed by atoms with Gasteiger partial charge in [0.05, 0.1) is 17.7 Å². The van der Waals surface area contributed by atoms with E-state index in [9.17, 15) is 12.8 Å². The molecule has 3 aromatic rings. The molecule has 0 saturated heterocycles. The number of anilines is 2. The van der Waals surface area contributed by atoms with E-state index in [0.717, 1.165) is 17.9 Å². The molecule has 3 rings (SSSR count). The van der Waals surface area contributed by atoms with Gasteiger partial charge in [-0.05, 0) is 48.5 Å². The van der Waals surface area contributed by atoms with E-state index in [0.29, 0.717) is 12.4 Å². The van der Waals surface area contributed by atoms with Crippen LogP contribution < -0.4 is 10.0 Å². The summed E-state index contributed by atoms with van der Waals surface area (Å²) in [5.74, 6) is 0.748. The third kappa shape index (κ3) is 3.87. The molecule has 0 unspecified atom stereocenters. The van der Waals surface area contributed by atoms with Crippen LogP contribution in [0.3, 0.4) is 0 Å². The van der Waals surface area contributed by atoms with Crippen molar-refractivity contribution in [3.63, 3.8) is 0 Å². The predicted octanol–water partition coefficient (Wildman–Crippen LogP) is 2.62. The Morgan fingerprint density at radius 1 is 1.00 bits per heavy atom. The monoisotopic (exact) mass is 348 g/mol. The third-order valence-electron chi connectivity index (χ3n) is 3.05. The van der Waals surface area contributed by atoms with Crippen molar-refractivity contribution in [1.82, 2.24) is 10.2 Å². The van der Waals surface area contributed by atoms with E-state index in [1.807, 2.05) is 6.07 Å². The molecule has 2 N–H and O–H groups in total. The van der Waals surface area contributed by atoms with Crippen molar-refractivity contribution >= 4 is 21.7 Å². The Balaban J connectivity index is 1.66. The topological polar surface area (TPSA) is 97.1 Å². The zero-order valence-electron chi connectivity index (χ0n) is 12.3. The standard InChI is InChI=1S/C15H13FN4O3S/c16-11-3-5-13(6-4-11)24(21,22)20-15-8-7-14(18-19-15)17-10-12-2-1-9-23-12/h1-9H,10H2,(H,17,18)(H,19,20). The molecule has 1 aromatic carbocycles. The first-order valence-electron chi connectivity index (χ1n) is 6.91. The Morgan fingerprint density at radius 3 is 2.33 bits per heavy atom. The average Bonchev–Trinajstić information content (AvgIpc) is 3.08. The molecule has 2 aromatic heterocycles. The second-order valence-corrected chi connectivity index (χ2v) is 6.48. The fourth-order valence-corrected chi connectivity index (χ4v) is 2.88. The van der Waals surface area contributed by atoms with E-state index in [1.165, 1.54) is 18.2 Å². The number of hydrogen-bond acceptors (Lipinski definition) is 6. The Labute approximate surface area is 137 Å². The SMILES string of the molecule is O=S(=O)(Nc1ccc(NCc2ccco2)nn1)c1ccc(F)cc1. The minimum absolute atomic E-state index is 0.0582. The van der Waals surface area contributed by atoms with Crippen molar-refractivity contribution in [2.45, 2.75) is 11.4 Å². The number of nitrogens with one attached hydrogen (secondary N) is 2. The third-order valence-corrected chi connectivity index (χ3v) is 4.42. The molecule has 0 aliphatic carbocycles. The quantitative estimate of drug-likeness (QED) is 0.711. The summed E-state index contributed by atoms with van der Waals surface area (Å²) >= 11 is 0. The van der Waals surface area contributed by atoms with Crippen molar-refractivity contribution < 1.29 is 17.2 Å². The van der Waals surface area contributed by atoms with Crippen molar-refractivity contribution in [3.05, 3.63) is 66.4 Å². The minimum atomic E-state index is -3.85.